The van der Waals surface area contributed by atoms with Crippen molar-refractivity contribution in [2.75, 3.05) is 0 Å². The molecule has 0 saturated heterocycles. The van der Waals surface area contributed by atoms with Gasteiger partial charge in [0.2, 0.25) is 0 Å². The number of hydrogen-bond donors (Lipinski definition) is 0. The molecule has 192 valence electrons. The Labute approximate surface area is 862 Å². The normalized spacial score (nSPS) is 3.86. The Morgan fingerprint density at radius 2 is 0.0893 bits per heavy atom. The Hall–Kier alpha value is 23.6. The summed E-state index contributed by atoms with van der Waals surface area (Å²) in [6.07, 6.45) is 0. The third kappa shape index (κ3) is 819. The molecule has 0 aliphatic carbocycles. The first kappa shape index (κ1) is 217. The maximum atomic E-state index is 8.42. The van der Waals surface area contributed by atoms with Crippen LogP contribution in [0.4, 0.5) is 0 Å². The second-order valence-corrected chi connectivity index (χ2v) is 2.31. The summed E-state index contributed by atoms with van der Waals surface area (Å²) in [4.78, 5) is 0. The largest absolute Gasteiger partial charge is 1.00 e. The fourth-order valence-electron chi connectivity index (χ4n) is 0. The quantitative estimate of drug-likeness (QED) is 0.203. The van der Waals surface area contributed by atoms with Gasteiger partial charge in [-0.1, -0.05) is 0 Å². The molecule has 0 aliphatic heterocycles. The molecule has 0 aliphatic rings. The molecular weight excluding hydrogens is 1020 g/mol. The summed E-state index contributed by atoms with van der Waals surface area (Å²) in [5.74, 6) is 0. The average Bonchev–Trinajstić information content (AvgIpc) is 2.30. The van der Waals surface area contributed by atoms with Crippen LogP contribution in [0.15, 0.2) is 0 Å². The van der Waals surface area contributed by atoms with Gasteiger partial charge in [-0.3, -0.25) is 58.6 Å². The summed E-state index contributed by atoms with van der Waals surface area (Å²) in [5, 5.41) is 202. The molecule has 0 aromatic heterocycles. The molecule has 0 heterocycles. The van der Waals surface area contributed by atoms with Crippen LogP contribution in [-0.2, 0) is 0 Å². The summed E-state index contributed by atoms with van der Waals surface area (Å²) in [6, 6.07) is 0. The molecule has 56 heteroatoms. The van der Waals surface area contributed by atoms with Gasteiger partial charge in [0.25, 0.3) is 0 Å². The molecule has 0 atom stereocenters. The van der Waals surface area contributed by atoms with Gasteiger partial charge < -0.3 is 121 Å². The summed E-state index contributed by atoms with van der Waals surface area (Å²) in [5.41, 5.74) is 0. The van der Waals surface area contributed by atoms with E-state index >= 15 is 0 Å². The van der Waals surface area contributed by atoms with Crippen molar-refractivity contribution in [3.8, 4) is 0 Å². The zero-order chi connectivity index (χ0) is 28.6. The third-order valence-corrected chi connectivity index (χ3v) is 0. The third-order valence-electron chi connectivity index (χ3n) is 0. The predicted octanol–water partition coefficient (Wildman–Crippen LogP) is -103. The van der Waals surface area contributed by atoms with Gasteiger partial charge in [0.1, 0.15) is 0 Å². The molecule has 0 bridgehead atoms. The Bertz CT molecular complexity index is 191. The van der Waals surface area contributed by atoms with Gasteiger partial charge in [-0.2, -0.15) is 0 Å². The van der Waals surface area contributed by atoms with Crippen molar-refractivity contribution in [3.63, 3.8) is 0 Å². The van der Waals surface area contributed by atoms with E-state index < -0.39 is 58.6 Å². The Balaban J connectivity index is -0.00000000369. The Morgan fingerprint density at radius 1 is 0.0893 bits per heavy atom. The van der Waals surface area contributed by atoms with Crippen molar-refractivity contribution < 1.29 is 830 Å². The van der Waals surface area contributed by atoms with Crippen molar-refractivity contribution in [1.82, 2.24) is 0 Å². The van der Waals surface area contributed by atoms with E-state index in [1.165, 1.54) is 0 Å². The van der Waals surface area contributed by atoms with Gasteiger partial charge in [-0.25, -0.2) is 0 Å². The minimum atomic E-state index is -2.92. The number of hydrogen-bond acceptors (Lipinski definition) is 24. The van der Waals surface area contributed by atoms with Gasteiger partial charge in [0.05, 0.1) is 0 Å². The molecule has 24 nitrogen and oxygen atoms in total. The molecule has 0 aromatic carbocycles. The van der Waals surface area contributed by atoms with Crippen LogP contribution in [-0.4, -0.2) is 58.6 Å². The first-order valence-corrected chi connectivity index (χ1v) is 5.66. The first-order chi connectivity index (χ1) is 13.9. The SMILES string of the molecule is [Na+].[Na+].[Na+].[Na+].[Na+].[Na+].[Na+].[Na+].[Na+].[Na+].[Na+].[Na+].[Na+].[Na+].[Na+].[Na+].[Na+].[Na+].[Na+].[Na+].[Na+].[Na+].[Na+].[Na+].[O-]B([O-])[O-].[O-]B([O-])[O-].[O-]B([O-])[O-].[O-]B([O-])[O-].[O-]B([O-])[O-].[O-]B([O-])[O-].[O-]B([O-])[O-].[O-]B([O-])[O-]. The Morgan fingerprint density at radius 3 is 0.0893 bits per heavy atom. The zero-order valence-electron chi connectivity index (χ0n) is 38.4. The van der Waals surface area contributed by atoms with Crippen LogP contribution in [0.5, 0.6) is 0 Å². The van der Waals surface area contributed by atoms with Gasteiger partial charge >= 0.3 is 709 Å². The molecule has 0 amide bonds. The molecule has 0 aromatic rings. The minimum absolute atomic E-state index is 0. The van der Waals surface area contributed by atoms with Gasteiger partial charge in [-0.05, 0) is 0 Å². The molecule has 0 saturated carbocycles. The topological polar surface area (TPSA) is 553 Å². The van der Waals surface area contributed by atoms with E-state index in [0.29, 0.717) is 0 Å². The summed E-state index contributed by atoms with van der Waals surface area (Å²) < 4.78 is 0. The van der Waals surface area contributed by atoms with E-state index in [1.807, 2.05) is 0 Å². The molecule has 0 radical (unpaired) electrons. The summed E-state index contributed by atoms with van der Waals surface area (Å²) >= 11 is 0. The maximum absolute atomic E-state index is 8.42. The second-order valence-electron chi connectivity index (χ2n) is 2.31. The molecule has 56 heavy (non-hydrogen) atoms. The molecule has 0 unspecified atom stereocenters. The van der Waals surface area contributed by atoms with Gasteiger partial charge in [0, 0.05) is 0 Å². The average molecular weight is 1020 g/mol. The molecule has 0 spiro atoms. The van der Waals surface area contributed by atoms with Crippen LogP contribution >= 0.6 is 0 Å². The van der Waals surface area contributed by atoms with Crippen molar-refractivity contribution in [2.45, 2.75) is 0 Å². The minimum Gasteiger partial charge on any atom is -0.907 e. The van der Waals surface area contributed by atoms with Crippen molar-refractivity contribution in [2.24, 2.45) is 0 Å². The molecule has 0 fully saturated rings. The van der Waals surface area contributed by atoms with Gasteiger partial charge in [0.15, 0.2) is 0 Å². The molecule has 0 N–H and O–H groups in total. The van der Waals surface area contributed by atoms with E-state index in [-0.39, 0.29) is 709 Å². The van der Waals surface area contributed by atoms with Crippen LogP contribution in [0.3, 0.4) is 0 Å². The standard InChI is InChI=1S/8BO3.24Na/c8*2-1(3)4;;;;;;;;;;;;;;;;;;;;;;;;/q8*-3;24*+1. The Kier molecular flexibility index (Phi) is 810. The van der Waals surface area contributed by atoms with E-state index in [1.54, 1.807) is 0 Å². The smallest absolute Gasteiger partial charge is 0.907 e. The first-order valence-electron chi connectivity index (χ1n) is 5.66. The summed E-state index contributed by atoms with van der Waals surface area (Å²) in [6.45, 7) is 0. The molecular formula is B8Na24O24. The second kappa shape index (κ2) is 209. The number of rotatable bonds is 0. The van der Waals surface area contributed by atoms with Crippen molar-refractivity contribution in [3.05, 3.63) is 0 Å². The van der Waals surface area contributed by atoms with E-state index in [0.717, 1.165) is 0 Å². The van der Waals surface area contributed by atoms with Crippen LogP contribution in [0.2, 0.25) is 0 Å². The van der Waals surface area contributed by atoms with Crippen LogP contribution in [0, 0.1) is 0 Å². The fourth-order valence-corrected chi connectivity index (χ4v) is 0. The van der Waals surface area contributed by atoms with E-state index in [4.69, 9.17) is 121 Å². The van der Waals surface area contributed by atoms with Crippen LogP contribution in [0.1, 0.15) is 0 Å². The van der Waals surface area contributed by atoms with Gasteiger partial charge in [-0.15, -0.1) is 0 Å². The maximum Gasteiger partial charge on any atom is 1.00 e. The molecule has 0 rings (SSSR count). The summed E-state index contributed by atoms with van der Waals surface area (Å²) in [7, 11) is -23.3. The van der Waals surface area contributed by atoms with Crippen molar-refractivity contribution >= 4 is 58.6 Å². The zero-order valence-corrected chi connectivity index (χ0v) is 86.4. The monoisotopic (exact) mass is 1020 g/mol. The fraction of sp³-hybridized carbons (Fsp3) is 0. The van der Waals surface area contributed by atoms with E-state index in [2.05, 4.69) is 0 Å². The predicted molar refractivity (Wildman–Crippen MR) is 46.0 cm³/mol. The van der Waals surface area contributed by atoms with E-state index in [9.17, 15) is 0 Å². The van der Waals surface area contributed by atoms with Crippen LogP contribution < -0.4 is 830 Å². The van der Waals surface area contributed by atoms with Crippen LogP contribution in [0.25, 0.3) is 0 Å². The van der Waals surface area contributed by atoms with Crippen molar-refractivity contribution in [1.29, 1.82) is 0 Å².